The van der Waals surface area contributed by atoms with Gasteiger partial charge in [-0.25, -0.2) is 5.43 Å². The minimum atomic E-state index is 0.271. The number of hydrazine groups is 1. The van der Waals surface area contributed by atoms with Gasteiger partial charge in [-0.15, -0.1) is 5.92 Å². The van der Waals surface area contributed by atoms with Gasteiger partial charge in [0, 0.05) is 30.5 Å². The number of hydrogen-bond acceptors (Lipinski definition) is 3. The molecular formula is C20H35N3. The van der Waals surface area contributed by atoms with Crippen LogP contribution in [0.2, 0.25) is 0 Å². The highest BCUT2D eigenvalue weighted by Gasteiger charge is 2.24. The zero-order chi connectivity index (χ0) is 17.6. The molecule has 2 atom stereocenters. The zero-order valence-corrected chi connectivity index (χ0v) is 16.3. The van der Waals surface area contributed by atoms with Crippen LogP contribution in [0.1, 0.15) is 67.7 Å². The summed E-state index contributed by atoms with van der Waals surface area (Å²) >= 11 is 0. The first-order valence-electron chi connectivity index (χ1n) is 8.94. The third-order valence-corrected chi connectivity index (χ3v) is 4.68. The highest BCUT2D eigenvalue weighted by atomic mass is 15.5. The molecule has 1 heterocycles. The molecule has 2 unspecified atom stereocenters. The number of allylic oxidation sites excluding steroid dienone is 3. The van der Waals surface area contributed by atoms with Crippen LogP contribution in [-0.2, 0) is 0 Å². The molecule has 0 fully saturated rings. The van der Waals surface area contributed by atoms with E-state index in [2.05, 4.69) is 69.1 Å². The molecular weight excluding hydrogens is 282 g/mol. The van der Waals surface area contributed by atoms with Crippen LogP contribution in [0, 0.1) is 17.8 Å². The Morgan fingerprint density at radius 3 is 2.43 bits per heavy atom. The summed E-state index contributed by atoms with van der Waals surface area (Å²) < 4.78 is 0. The van der Waals surface area contributed by atoms with E-state index in [9.17, 15) is 0 Å². The molecule has 0 saturated heterocycles. The number of hydrogen-bond donors (Lipinski definition) is 2. The maximum atomic E-state index is 3.77. The second-order valence-corrected chi connectivity index (χ2v) is 6.69. The molecule has 0 amide bonds. The minimum absolute atomic E-state index is 0.271. The first-order chi connectivity index (χ1) is 10.9. The summed E-state index contributed by atoms with van der Waals surface area (Å²) in [5, 5.41) is 6.09. The first kappa shape index (κ1) is 19.6. The van der Waals surface area contributed by atoms with E-state index in [0.29, 0.717) is 12.1 Å². The van der Waals surface area contributed by atoms with E-state index in [1.165, 1.54) is 22.5 Å². The molecule has 0 aliphatic carbocycles. The Hall–Kier alpha value is -1.40. The fourth-order valence-electron chi connectivity index (χ4n) is 3.57. The summed E-state index contributed by atoms with van der Waals surface area (Å²) in [6.45, 7) is 15.4. The maximum absolute atomic E-state index is 3.77. The van der Waals surface area contributed by atoms with E-state index >= 15 is 0 Å². The van der Waals surface area contributed by atoms with Crippen LogP contribution in [0.5, 0.6) is 0 Å². The minimum Gasteiger partial charge on any atom is -0.381 e. The van der Waals surface area contributed by atoms with Gasteiger partial charge in [0.05, 0.1) is 5.92 Å². The molecule has 2 N–H and O–H groups in total. The molecule has 0 radical (unpaired) electrons. The molecule has 3 heteroatoms. The van der Waals surface area contributed by atoms with Crippen molar-refractivity contribution in [2.45, 2.75) is 79.8 Å². The summed E-state index contributed by atoms with van der Waals surface area (Å²) in [6.07, 6.45) is 3.22. The second kappa shape index (κ2) is 9.03. The smallest absolute Gasteiger partial charge is 0.0570 e. The lowest BCUT2D eigenvalue weighted by Gasteiger charge is -2.36. The highest BCUT2D eigenvalue weighted by molar-refractivity contribution is 5.29. The summed E-state index contributed by atoms with van der Waals surface area (Å²) in [5.41, 5.74) is 9.07. The van der Waals surface area contributed by atoms with E-state index < -0.39 is 0 Å². The van der Waals surface area contributed by atoms with Gasteiger partial charge in [-0.1, -0.05) is 18.4 Å². The molecule has 0 aromatic carbocycles. The van der Waals surface area contributed by atoms with Gasteiger partial charge in [0.15, 0.2) is 0 Å². The molecule has 0 bridgehead atoms. The van der Waals surface area contributed by atoms with Crippen LogP contribution < -0.4 is 10.7 Å². The fourth-order valence-corrected chi connectivity index (χ4v) is 3.57. The van der Waals surface area contributed by atoms with Crippen molar-refractivity contribution in [1.82, 2.24) is 15.8 Å². The van der Waals surface area contributed by atoms with E-state index in [4.69, 9.17) is 0 Å². The Labute approximate surface area is 143 Å². The highest BCUT2D eigenvalue weighted by Crippen LogP contribution is 2.29. The Balaban J connectivity index is 3.22. The van der Waals surface area contributed by atoms with Gasteiger partial charge in [-0.05, 0) is 66.4 Å². The Morgan fingerprint density at radius 1 is 1.30 bits per heavy atom. The topological polar surface area (TPSA) is 27.3 Å². The van der Waals surface area contributed by atoms with Crippen LogP contribution >= 0.6 is 0 Å². The van der Waals surface area contributed by atoms with Gasteiger partial charge in [0.25, 0.3) is 0 Å². The van der Waals surface area contributed by atoms with Gasteiger partial charge in [-0.2, -0.15) is 0 Å². The molecule has 1 rings (SSSR count). The van der Waals surface area contributed by atoms with E-state index in [1.54, 1.807) is 0 Å². The monoisotopic (exact) mass is 317 g/mol. The molecule has 0 saturated carbocycles. The van der Waals surface area contributed by atoms with Crippen molar-refractivity contribution >= 4 is 0 Å². The van der Waals surface area contributed by atoms with E-state index in [-0.39, 0.29) is 5.92 Å². The third kappa shape index (κ3) is 4.78. The lowest BCUT2D eigenvalue weighted by molar-refractivity contribution is 0.204. The van der Waals surface area contributed by atoms with Crippen LogP contribution in [0.3, 0.4) is 0 Å². The summed E-state index contributed by atoms with van der Waals surface area (Å²) in [4.78, 5) is 0. The summed E-state index contributed by atoms with van der Waals surface area (Å²) in [5.74, 6) is 6.63. The zero-order valence-electron chi connectivity index (χ0n) is 16.3. The van der Waals surface area contributed by atoms with Crippen LogP contribution in [0.15, 0.2) is 22.5 Å². The van der Waals surface area contributed by atoms with Gasteiger partial charge >= 0.3 is 0 Å². The second-order valence-electron chi connectivity index (χ2n) is 6.69. The average molecular weight is 318 g/mol. The molecule has 130 valence electrons. The molecule has 23 heavy (non-hydrogen) atoms. The predicted molar refractivity (Wildman–Crippen MR) is 100 cm³/mol. The number of nitrogens with one attached hydrogen (secondary N) is 2. The Morgan fingerprint density at radius 2 is 1.96 bits per heavy atom. The molecule has 3 nitrogen and oxygen atoms in total. The van der Waals surface area contributed by atoms with Crippen molar-refractivity contribution in [2.75, 3.05) is 7.05 Å². The van der Waals surface area contributed by atoms with Crippen LogP contribution in [-0.4, -0.2) is 24.1 Å². The quantitative estimate of drug-likeness (QED) is 0.588. The van der Waals surface area contributed by atoms with Crippen molar-refractivity contribution in [3.8, 4) is 11.8 Å². The SMILES string of the molecule is CC#CC(C)/C1=C(/C)CC/C(N(NC)C(C)C)=C(/CC)C(C)N1. The van der Waals surface area contributed by atoms with Crippen LogP contribution in [0.25, 0.3) is 0 Å². The maximum Gasteiger partial charge on any atom is 0.0570 e. The van der Waals surface area contributed by atoms with Gasteiger partial charge in [0.2, 0.25) is 0 Å². The van der Waals surface area contributed by atoms with E-state index in [1.807, 2.05) is 14.0 Å². The van der Waals surface area contributed by atoms with Crippen molar-refractivity contribution in [3.63, 3.8) is 0 Å². The standard InChI is InChI=1S/C20H35N3/c1-9-11-15(5)20-16(6)12-13-19(23(21-8)14(3)4)18(10-2)17(7)22-20/h14-15,17,21-22H,10,12-13H2,1-8H3/b19-18+,20-16+. The first-order valence-corrected chi connectivity index (χ1v) is 8.94. The molecule has 1 aliphatic rings. The Bertz CT molecular complexity index is 517. The predicted octanol–water partition coefficient (Wildman–Crippen LogP) is 4.20. The molecule has 0 aromatic heterocycles. The van der Waals surface area contributed by atoms with Gasteiger partial charge in [-0.3, -0.25) is 0 Å². The molecule has 0 aromatic rings. The fraction of sp³-hybridized carbons (Fsp3) is 0.700. The van der Waals surface area contributed by atoms with Gasteiger partial charge < -0.3 is 10.3 Å². The lowest BCUT2D eigenvalue weighted by Crippen LogP contribution is -2.43. The largest absolute Gasteiger partial charge is 0.381 e. The van der Waals surface area contributed by atoms with Gasteiger partial charge in [0.1, 0.15) is 0 Å². The van der Waals surface area contributed by atoms with Crippen LogP contribution in [0.4, 0.5) is 0 Å². The normalized spacial score (nSPS) is 26.7. The van der Waals surface area contributed by atoms with Crippen molar-refractivity contribution < 1.29 is 0 Å². The molecule has 1 aliphatic heterocycles. The number of nitrogens with zero attached hydrogens (tertiary/aromatic N) is 1. The van der Waals surface area contributed by atoms with Crippen molar-refractivity contribution in [1.29, 1.82) is 0 Å². The third-order valence-electron chi connectivity index (χ3n) is 4.68. The summed E-state index contributed by atoms with van der Waals surface area (Å²) in [7, 11) is 2.02. The number of rotatable bonds is 5. The van der Waals surface area contributed by atoms with Crippen molar-refractivity contribution in [3.05, 3.63) is 22.5 Å². The van der Waals surface area contributed by atoms with E-state index in [0.717, 1.165) is 19.3 Å². The average Bonchev–Trinajstić information content (AvgIpc) is 2.49. The van der Waals surface area contributed by atoms with Crippen molar-refractivity contribution in [2.24, 2.45) is 5.92 Å². The Kier molecular flexibility index (Phi) is 7.72. The summed E-state index contributed by atoms with van der Waals surface area (Å²) in [6, 6.07) is 0.771. The lowest BCUT2D eigenvalue weighted by atomic mass is 9.91. The molecule has 0 spiro atoms.